The molecule has 0 aliphatic heterocycles. The number of aryl methyl sites for hydroxylation is 1. The van der Waals surface area contributed by atoms with Crippen LogP contribution in [0.4, 0.5) is 4.79 Å². The number of hydrogen-bond donors (Lipinski definition) is 2. The number of amides is 2. The quantitative estimate of drug-likeness (QED) is 0.0913. The van der Waals surface area contributed by atoms with Crippen molar-refractivity contribution in [3.63, 3.8) is 0 Å². The summed E-state index contributed by atoms with van der Waals surface area (Å²) in [7, 11) is 0. The molecule has 1 unspecified atom stereocenters. The Morgan fingerprint density at radius 2 is 1.02 bits per heavy atom. The van der Waals surface area contributed by atoms with Gasteiger partial charge in [-0.1, -0.05) is 176 Å². The molecular weight excluding hydrogens is 685 g/mol. The zero-order valence-electron chi connectivity index (χ0n) is 30.8. The van der Waals surface area contributed by atoms with Crippen LogP contribution in [0.3, 0.4) is 0 Å². The third kappa shape index (κ3) is 11.0. The van der Waals surface area contributed by atoms with Gasteiger partial charge < -0.3 is 20.1 Å². The number of ether oxygens (including phenoxy) is 1. The molecule has 0 aliphatic carbocycles. The van der Waals surface area contributed by atoms with E-state index in [1.54, 1.807) is 4.90 Å². The maximum Gasteiger partial charge on any atom is 0.330 e. The number of aliphatic carboxylic acids is 1. The zero-order chi connectivity index (χ0) is 38.3. The molecule has 7 nitrogen and oxygen atoms in total. The number of urea groups is 1. The summed E-state index contributed by atoms with van der Waals surface area (Å²) >= 11 is 0. The Morgan fingerprint density at radius 1 is 0.564 bits per heavy atom. The molecule has 6 rings (SSSR count). The molecular formula is C48H46N2O5. The number of carboxylic acid groups (broad SMARTS) is 1. The number of nitrogens with zero attached hydrogens (tertiary/aromatic N) is 1. The van der Waals surface area contributed by atoms with Gasteiger partial charge in [0, 0.05) is 25.9 Å². The first kappa shape index (κ1) is 38.3. The molecule has 0 spiro atoms. The summed E-state index contributed by atoms with van der Waals surface area (Å²) in [6, 6.07) is 55.4. The fraction of sp³-hybridized carbons (Fsp3) is 0.188. The molecule has 0 fully saturated rings. The van der Waals surface area contributed by atoms with E-state index in [1.807, 2.05) is 176 Å². The minimum Gasteiger partial charge on any atom is -0.479 e. The molecule has 6 aromatic carbocycles. The van der Waals surface area contributed by atoms with Crippen LogP contribution in [-0.4, -0.2) is 40.1 Å². The van der Waals surface area contributed by atoms with Crippen LogP contribution in [0.2, 0.25) is 0 Å². The van der Waals surface area contributed by atoms with Crippen molar-refractivity contribution in [1.82, 2.24) is 10.2 Å². The molecule has 2 N–H and O–H groups in total. The standard InChI is InChI=1S/C48H46N2O5/c51-45(55-36-41-22-12-4-13-23-41)44(31-26-37-16-6-1-7-17-37)35-50(34-40-20-10-3-11-21-40)47(54)49-48(46(52)53,32-38-18-8-2-9-19-38)33-39-27-29-43(30-28-39)42-24-14-5-15-25-42/h1-25,27-30,44H,26,31-36H2,(H,49,54)(H,52,53)/t44?,48-/m0/s1. The highest BCUT2D eigenvalue weighted by Gasteiger charge is 2.42. The Balaban J connectivity index is 1.31. The summed E-state index contributed by atoms with van der Waals surface area (Å²) in [6.45, 7) is 0.288. The Hall–Kier alpha value is -6.47. The molecule has 278 valence electrons. The third-order valence-corrected chi connectivity index (χ3v) is 9.80. The van der Waals surface area contributed by atoms with Gasteiger partial charge in [-0.3, -0.25) is 4.79 Å². The molecule has 0 aliphatic rings. The lowest BCUT2D eigenvalue weighted by atomic mass is 9.84. The minimum absolute atomic E-state index is 0.0218. The number of carbonyl (C=O) groups excluding carboxylic acids is 2. The summed E-state index contributed by atoms with van der Waals surface area (Å²) in [5, 5.41) is 14.1. The number of hydrogen-bond acceptors (Lipinski definition) is 4. The zero-order valence-corrected chi connectivity index (χ0v) is 30.8. The highest BCUT2D eigenvalue weighted by Crippen LogP contribution is 2.26. The van der Waals surface area contributed by atoms with Crippen molar-refractivity contribution in [1.29, 1.82) is 0 Å². The van der Waals surface area contributed by atoms with E-state index in [1.165, 1.54) is 0 Å². The summed E-state index contributed by atoms with van der Waals surface area (Å²) in [5.41, 5.74) is 4.65. The van der Waals surface area contributed by atoms with Gasteiger partial charge >= 0.3 is 18.0 Å². The van der Waals surface area contributed by atoms with Gasteiger partial charge in [-0.2, -0.15) is 0 Å². The number of rotatable bonds is 17. The lowest BCUT2D eigenvalue weighted by Gasteiger charge is -2.35. The Bertz CT molecular complexity index is 2090. The van der Waals surface area contributed by atoms with E-state index in [-0.39, 0.29) is 32.5 Å². The summed E-state index contributed by atoms with van der Waals surface area (Å²) in [5.74, 6) is -2.26. The molecule has 0 saturated heterocycles. The van der Waals surface area contributed by atoms with Crippen LogP contribution < -0.4 is 5.32 Å². The van der Waals surface area contributed by atoms with Crippen LogP contribution in [0.25, 0.3) is 11.1 Å². The lowest BCUT2D eigenvalue weighted by molar-refractivity contribution is -0.151. The summed E-state index contributed by atoms with van der Waals surface area (Å²) in [6.07, 6.45) is 1.11. The number of esters is 1. The molecule has 7 heteroatoms. The van der Waals surface area contributed by atoms with Crippen LogP contribution >= 0.6 is 0 Å². The first-order valence-electron chi connectivity index (χ1n) is 18.6. The van der Waals surface area contributed by atoms with E-state index in [4.69, 9.17) is 4.74 Å². The topological polar surface area (TPSA) is 95.9 Å². The average Bonchev–Trinajstić information content (AvgIpc) is 3.23. The van der Waals surface area contributed by atoms with Crippen LogP contribution in [-0.2, 0) is 46.7 Å². The van der Waals surface area contributed by atoms with Crippen molar-refractivity contribution in [3.05, 3.63) is 204 Å². The van der Waals surface area contributed by atoms with E-state index in [2.05, 4.69) is 5.32 Å². The summed E-state index contributed by atoms with van der Waals surface area (Å²) < 4.78 is 5.86. The second-order valence-corrected chi connectivity index (χ2v) is 13.9. The fourth-order valence-corrected chi connectivity index (χ4v) is 6.78. The van der Waals surface area contributed by atoms with Crippen molar-refractivity contribution in [2.75, 3.05) is 6.54 Å². The second kappa shape index (κ2) is 19.0. The highest BCUT2D eigenvalue weighted by molar-refractivity contribution is 5.87. The third-order valence-electron chi connectivity index (χ3n) is 9.80. The SMILES string of the molecule is O=C(OCc1ccccc1)C(CCc1ccccc1)CN(Cc1ccccc1)C(=O)N[C@@](Cc1ccccc1)(Cc1ccc(-c2ccccc2)cc1)C(=O)O. The molecule has 2 amide bonds. The smallest absolute Gasteiger partial charge is 0.330 e. The van der Waals surface area contributed by atoms with Gasteiger partial charge in [-0.05, 0) is 51.8 Å². The van der Waals surface area contributed by atoms with Crippen molar-refractivity contribution in [2.45, 2.75) is 44.4 Å². The first-order valence-corrected chi connectivity index (χ1v) is 18.6. The van der Waals surface area contributed by atoms with E-state index in [9.17, 15) is 19.5 Å². The van der Waals surface area contributed by atoms with Crippen LogP contribution in [0, 0.1) is 5.92 Å². The van der Waals surface area contributed by atoms with Gasteiger partial charge in [-0.25, -0.2) is 9.59 Å². The maximum atomic E-state index is 14.7. The normalized spacial score (nSPS) is 12.5. The van der Waals surface area contributed by atoms with Gasteiger partial charge in [0.25, 0.3) is 0 Å². The van der Waals surface area contributed by atoms with Gasteiger partial charge in [0.05, 0.1) is 5.92 Å². The first-order chi connectivity index (χ1) is 26.9. The predicted octanol–water partition coefficient (Wildman–Crippen LogP) is 9.17. The second-order valence-electron chi connectivity index (χ2n) is 13.9. The lowest BCUT2D eigenvalue weighted by Crippen LogP contribution is -2.61. The van der Waals surface area contributed by atoms with Crippen molar-refractivity contribution in [2.24, 2.45) is 5.92 Å². The van der Waals surface area contributed by atoms with E-state index in [0.29, 0.717) is 12.8 Å². The molecule has 6 aromatic rings. The van der Waals surface area contributed by atoms with Gasteiger partial charge in [0.1, 0.15) is 12.1 Å². The average molecular weight is 731 g/mol. The molecule has 0 radical (unpaired) electrons. The number of nitrogens with one attached hydrogen (secondary N) is 1. The Morgan fingerprint density at radius 3 is 1.56 bits per heavy atom. The molecule has 0 saturated carbocycles. The van der Waals surface area contributed by atoms with Gasteiger partial charge in [-0.15, -0.1) is 0 Å². The molecule has 55 heavy (non-hydrogen) atoms. The molecule has 0 aromatic heterocycles. The van der Waals surface area contributed by atoms with Crippen LogP contribution in [0.1, 0.15) is 34.2 Å². The number of benzene rings is 6. The maximum absolute atomic E-state index is 14.7. The number of carboxylic acids is 1. The van der Waals surface area contributed by atoms with E-state index < -0.39 is 29.4 Å². The molecule has 0 heterocycles. The van der Waals surface area contributed by atoms with E-state index >= 15 is 0 Å². The molecule has 2 atom stereocenters. The van der Waals surface area contributed by atoms with Crippen LogP contribution in [0.5, 0.6) is 0 Å². The monoisotopic (exact) mass is 730 g/mol. The number of carbonyl (C=O) groups is 3. The highest BCUT2D eigenvalue weighted by atomic mass is 16.5. The Kier molecular flexibility index (Phi) is 13.2. The van der Waals surface area contributed by atoms with Crippen molar-refractivity contribution >= 4 is 18.0 Å². The van der Waals surface area contributed by atoms with Gasteiger partial charge in [0.15, 0.2) is 0 Å². The largest absolute Gasteiger partial charge is 0.479 e. The minimum atomic E-state index is -1.71. The van der Waals surface area contributed by atoms with Crippen LogP contribution in [0.15, 0.2) is 176 Å². The summed E-state index contributed by atoms with van der Waals surface area (Å²) in [4.78, 5) is 43.7. The van der Waals surface area contributed by atoms with Gasteiger partial charge in [0.2, 0.25) is 0 Å². The van der Waals surface area contributed by atoms with Crippen molar-refractivity contribution < 1.29 is 24.2 Å². The van der Waals surface area contributed by atoms with Crippen molar-refractivity contribution in [3.8, 4) is 11.1 Å². The molecule has 0 bridgehead atoms. The van der Waals surface area contributed by atoms with E-state index in [0.717, 1.165) is 38.9 Å². The predicted molar refractivity (Wildman–Crippen MR) is 216 cm³/mol. The fourth-order valence-electron chi connectivity index (χ4n) is 6.78. The Labute approximate surface area is 323 Å².